The zero-order valence-corrected chi connectivity index (χ0v) is 12.3. The first-order chi connectivity index (χ1) is 8.61. The number of carbonyl (C=O) groups excluding carboxylic acids is 2. The van der Waals surface area contributed by atoms with Gasteiger partial charge in [0.05, 0.1) is 6.42 Å². The van der Waals surface area contributed by atoms with Gasteiger partial charge in [0.15, 0.2) is 0 Å². The van der Waals surface area contributed by atoms with E-state index in [1.807, 2.05) is 31.2 Å². The summed E-state index contributed by atoms with van der Waals surface area (Å²) in [5, 5.41) is 3.13. The summed E-state index contributed by atoms with van der Waals surface area (Å²) in [6.07, 6.45) is 1.05. The van der Waals surface area contributed by atoms with Gasteiger partial charge in [-0.25, -0.2) is 0 Å². The molecule has 0 aromatic heterocycles. The molecule has 2 rings (SSSR count). The van der Waals surface area contributed by atoms with E-state index in [4.69, 9.17) is 0 Å². The number of carbonyl (C=O) groups is 2. The van der Waals surface area contributed by atoms with Crippen LogP contribution in [0, 0.1) is 3.57 Å². The summed E-state index contributed by atoms with van der Waals surface area (Å²) in [4.78, 5) is 25.1. The molecule has 0 bridgehead atoms. The number of benzene rings is 1. The van der Waals surface area contributed by atoms with Gasteiger partial charge in [0.1, 0.15) is 6.04 Å². The Morgan fingerprint density at radius 1 is 1.44 bits per heavy atom. The largest absolute Gasteiger partial charge is 0.373 e. The number of hydrogen-bond donors (Lipinski definition) is 1. The highest BCUT2D eigenvalue weighted by atomic mass is 127. The fourth-order valence-corrected chi connectivity index (χ4v) is 2.58. The van der Waals surface area contributed by atoms with Crippen molar-refractivity contribution in [1.82, 2.24) is 4.90 Å². The van der Waals surface area contributed by atoms with Crippen molar-refractivity contribution in [3.63, 3.8) is 0 Å². The molecule has 1 aliphatic heterocycles. The number of amides is 2. The fraction of sp³-hybridized carbons (Fsp3) is 0.385. The van der Waals surface area contributed by atoms with Crippen LogP contribution in [0.15, 0.2) is 24.3 Å². The van der Waals surface area contributed by atoms with Gasteiger partial charge in [-0.15, -0.1) is 0 Å². The summed E-state index contributed by atoms with van der Waals surface area (Å²) in [7, 11) is 0. The molecule has 1 fully saturated rings. The molecule has 18 heavy (non-hydrogen) atoms. The number of rotatable bonds is 4. The molecule has 0 saturated carbocycles. The molecule has 4 nitrogen and oxygen atoms in total. The van der Waals surface area contributed by atoms with Crippen LogP contribution in [0.4, 0.5) is 5.69 Å². The Kier molecular flexibility index (Phi) is 4.21. The number of imide groups is 1. The SMILES string of the molecule is CCCN1C(=O)CC(Nc2cccc(I)c2)C1=O. The summed E-state index contributed by atoms with van der Waals surface area (Å²) in [6, 6.07) is 7.36. The van der Waals surface area contributed by atoms with E-state index in [1.54, 1.807) is 0 Å². The van der Waals surface area contributed by atoms with Crippen molar-refractivity contribution in [2.24, 2.45) is 0 Å². The summed E-state index contributed by atoms with van der Waals surface area (Å²) >= 11 is 2.22. The third kappa shape index (κ3) is 2.82. The molecular weight excluding hydrogens is 343 g/mol. The molecule has 1 saturated heterocycles. The zero-order chi connectivity index (χ0) is 13.1. The maximum atomic E-state index is 12.0. The lowest BCUT2D eigenvalue weighted by molar-refractivity contribution is -0.138. The van der Waals surface area contributed by atoms with Gasteiger partial charge in [-0.3, -0.25) is 14.5 Å². The summed E-state index contributed by atoms with van der Waals surface area (Å²) < 4.78 is 1.10. The molecule has 1 aromatic carbocycles. The van der Waals surface area contributed by atoms with Crippen LogP contribution in [0.2, 0.25) is 0 Å². The van der Waals surface area contributed by atoms with Gasteiger partial charge in [-0.2, -0.15) is 0 Å². The molecular formula is C13H15IN2O2. The quantitative estimate of drug-likeness (QED) is 0.664. The van der Waals surface area contributed by atoms with Gasteiger partial charge in [0.2, 0.25) is 5.91 Å². The number of halogens is 1. The number of hydrogen-bond acceptors (Lipinski definition) is 3. The molecule has 1 atom stereocenters. The van der Waals surface area contributed by atoms with Crippen molar-refractivity contribution in [3.05, 3.63) is 27.8 Å². The minimum Gasteiger partial charge on any atom is -0.373 e. The lowest BCUT2D eigenvalue weighted by Gasteiger charge is -2.15. The van der Waals surface area contributed by atoms with E-state index in [1.165, 1.54) is 4.90 Å². The van der Waals surface area contributed by atoms with Crippen LogP contribution in [-0.4, -0.2) is 29.3 Å². The normalized spacial score (nSPS) is 19.4. The molecule has 5 heteroatoms. The first-order valence-corrected chi connectivity index (χ1v) is 7.06. The Morgan fingerprint density at radius 2 is 2.22 bits per heavy atom. The van der Waals surface area contributed by atoms with Crippen LogP contribution >= 0.6 is 22.6 Å². The van der Waals surface area contributed by atoms with Crippen LogP contribution in [0.1, 0.15) is 19.8 Å². The first kappa shape index (κ1) is 13.3. The van der Waals surface area contributed by atoms with Crippen LogP contribution < -0.4 is 5.32 Å². The number of nitrogens with zero attached hydrogens (tertiary/aromatic N) is 1. The highest BCUT2D eigenvalue weighted by molar-refractivity contribution is 14.1. The van der Waals surface area contributed by atoms with Crippen LogP contribution in [0.3, 0.4) is 0 Å². The van der Waals surface area contributed by atoms with Crippen LogP contribution in [0.5, 0.6) is 0 Å². The van der Waals surface area contributed by atoms with E-state index in [0.29, 0.717) is 6.54 Å². The molecule has 0 radical (unpaired) electrons. The predicted molar refractivity (Wildman–Crippen MR) is 78.2 cm³/mol. The Morgan fingerprint density at radius 3 is 2.89 bits per heavy atom. The van der Waals surface area contributed by atoms with E-state index in [9.17, 15) is 9.59 Å². The summed E-state index contributed by atoms with van der Waals surface area (Å²) in [5.41, 5.74) is 0.881. The Balaban J connectivity index is 2.07. The van der Waals surface area contributed by atoms with Crippen LogP contribution in [0.25, 0.3) is 0 Å². The highest BCUT2D eigenvalue weighted by Gasteiger charge is 2.37. The summed E-state index contributed by atoms with van der Waals surface area (Å²) in [5.74, 6) is -0.189. The maximum absolute atomic E-state index is 12.0. The van der Waals surface area contributed by atoms with E-state index in [0.717, 1.165) is 15.7 Å². The minimum absolute atomic E-state index is 0.0787. The van der Waals surface area contributed by atoms with Gasteiger partial charge < -0.3 is 5.32 Å². The number of anilines is 1. The molecule has 1 unspecified atom stereocenters. The van der Waals surface area contributed by atoms with Crippen molar-refractivity contribution in [2.75, 3.05) is 11.9 Å². The molecule has 1 N–H and O–H groups in total. The van der Waals surface area contributed by atoms with Gasteiger partial charge >= 0.3 is 0 Å². The molecule has 0 spiro atoms. The molecule has 96 valence electrons. The maximum Gasteiger partial charge on any atom is 0.252 e. The topological polar surface area (TPSA) is 49.4 Å². The lowest BCUT2D eigenvalue weighted by Crippen LogP contribution is -2.35. The van der Waals surface area contributed by atoms with Crippen molar-refractivity contribution >= 4 is 40.1 Å². The van der Waals surface area contributed by atoms with Gasteiger partial charge in [-0.05, 0) is 47.2 Å². The average molecular weight is 358 g/mol. The van der Waals surface area contributed by atoms with E-state index >= 15 is 0 Å². The van der Waals surface area contributed by atoms with E-state index < -0.39 is 6.04 Å². The average Bonchev–Trinajstić information content (AvgIpc) is 2.57. The fourth-order valence-electron chi connectivity index (χ4n) is 2.03. The van der Waals surface area contributed by atoms with E-state index in [2.05, 4.69) is 27.9 Å². The van der Waals surface area contributed by atoms with Gasteiger partial charge in [0.25, 0.3) is 5.91 Å². The Labute approximate surface area is 120 Å². The third-order valence-electron chi connectivity index (χ3n) is 2.86. The second kappa shape index (κ2) is 5.69. The first-order valence-electron chi connectivity index (χ1n) is 5.98. The third-order valence-corrected chi connectivity index (χ3v) is 3.53. The van der Waals surface area contributed by atoms with E-state index in [-0.39, 0.29) is 18.2 Å². The second-order valence-electron chi connectivity index (χ2n) is 4.30. The van der Waals surface area contributed by atoms with Crippen LogP contribution in [-0.2, 0) is 9.59 Å². The highest BCUT2D eigenvalue weighted by Crippen LogP contribution is 2.20. The number of likely N-dealkylation sites (tertiary alicyclic amines) is 1. The Bertz CT molecular complexity index is 476. The number of nitrogens with one attached hydrogen (secondary N) is 1. The van der Waals surface area contributed by atoms with Gasteiger partial charge in [0, 0.05) is 15.8 Å². The van der Waals surface area contributed by atoms with Crippen molar-refractivity contribution < 1.29 is 9.59 Å². The van der Waals surface area contributed by atoms with Gasteiger partial charge in [-0.1, -0.05) is 13.0 Å². The molecule has 2 amide bonds. The summed E-state index contributed by atoms with van der Waals surface area (Å²) in [6.45, 7) is 2.48. The zero-order valence-electron chi connectivity index (χ0n) is 10.1. The second-order valence-corrected chi connectivity index (χ2v) is 5.54. The molecule has 0 aliphatic carbocycles. The van der Waals surface area contributed by atoms with Crippen molar-refractivity contribution in [1.29, 1.82) is 0 Å². The van der Waals surface area contributed by atoms with Crippen molar-refractivity contribution in [2.45, 2.75) is 25.8 Å². The molecule has 1 aromatic rings. The predicted octanol–water partition coefficient (Wildman–Crippen LogP) is 2.24. The monoisotopic (exact) mass is 358 g/mol. The van der Waals surface area contributed by atoms with Crippen molar-refractivity contribution in [3.8, 4) is 0 Å². The lowest BCUT2D eigenvalue weighted by atomic mass is 10.2. The Hall–Kier alpha value is -1.11. The smallest absolute Gasteiger partial charge is 0.252 e. The molecule has 1 heterocycles. The molecule has 1 aliphatic rings. The minimum atomic E-state index is -0.415. The standard InChI is InChI=1S/C13H15IN2O2/c1-2-6-16-12(17)8-11(13(16)18)15-10-5-3-4-9(14)7-10/h3-5,7,11,15H,2,6,8H2,1H3.